The number of likely N-dealkylation sites (N-methyl/N-ethyl adjacent to an activating group) is 1. The summed E-state index contributed by atoms with van der Waals surface area (Å²) >= 11 is 0. The summed E-state index contributed by atoms with van der Waals surface area (Å²) in [5, 5.41) is 0. The molecule has 0 aliphatic heterocycles. The van der Waals surface area contributed by atoms with Crippen molar-refractivity contribution in [1.82, 2.24) is 0 Å². The molecule has 0 aliphatic carbocycles. The molecule has 0 aromatic heterocycles. The van der Waals surface area contributed by atoms with E-state index in [0.29, 0.717) is 17.4 Å². The normalized spacial score (nSPS) is 14.2. The fourth-order valence-corrected chi connectivity index (χ4v) is 5.74. The minimum Gasteiger partial charge on any atom is -0.462 e. The Hall–Kier alpha value is -2.03. The Bertz CT molecular complexity index is 1020. The third-order valence-electron chi connectivity index (χ3n) is 8.12. The van der Waals surface area contributed by atoms with E-state index in [1.807, 2.05) is 21.1 Å². The van der Waals surface area contributed by atoms with E-state index in [0.717, 1.165) is 57.8 Å². The maximum Gasteiger partial charge on any atom is 0.472 e. The number of quaternary nitrogens is 1. The highest BCUT2D eigenvalue weighted by atomic mass is 31.2. The number of ether oxygens (including phenoxy) is 2. The van der Waals surface area contributed by atoms with Crippen LogP contribution in [0.4, 0.5) is 0 Å². The molecule has 0 radical (unpaired) electrons. The number of allylic oxidation sites excluding steroid dienone is 8. The van der Waals surface area contributed by atoms with Gasteiger partial charge in [-0.15, -0.1) is 0 Å². The van der Waals surface area contributed by atoms with E-state index in [-0.39, 0.29) is 32.0 Å². The third-order valence-corrected chi connectivity index (χ3v) is 9.11. The van der Waals surface area contributed by atoms with Gasteiger partial charge in [-0.05, 0) is 51.4 Å². The van der Waals surface area contributed by atoms with Crippen LogP contribution in [0, 0.1) is 0 Å². The zero-order valence-corrected chi connectivity index (χ0v) is 34.0. The van der Waals surface area contributed by atoms with Gasteiger partial charge in [0.2, 0.25) is 0 Å². The van der Waals surface area contributed by atoms with E-state index in [9.17, 15) is 19.0 Å². The van der Waals surface area contributed by atoms with Crippen LogP contribution in [0.5, 0.6) is 0 Å². The number of carbonyl (C=O) groups is 2. The molecule has 0 rings (SSSR count). The van der Waals surface area contributed by atoms with Gasteiger partial charge in [-0.1, -0.05) is 133 Å². The standard InChI is InChI=1S/C41H74NO8P/c1-6-8-10-12-14-16-18-20-21-22-24-26-28-30-32-34-41(44)50-39(38-49-51(45,46)48-36-35-42(3,4)5)37-47-40(43)33-31-29-27-25-23-19-17-15-13-11-9-7-2/h8,10,14,16,20-21,24,26,39H,6-7,9,11-13,15,17-19,22-23,25,27-38H2,1-5H3/p+1/b10-8+,16-14+,21-20+,26-24+/t39-/m1/s1. The molecule has 10 heteroatoms. The van der Waals surface area contributed by atoms with Crippen molar-refractivity contribution in [2.45, 2.75) is 155 Å². The third kappa shape index (κ3) is 37.5. The van der Waals surface area contributed by atoms with Crippen molar-refractivity contribution < 1.29 is 42.1 Å². The molecule has 2 atom stereocenters. The first-order valence-corrected chi connectivity index (χ1v) is 21.4. The van der Waals surface area contributed by atoms with Gasteiger partial charge in [0.15, 0.2) is 6.10 Å². The smallest absolute Gasteiger partial charge is 0.462 e. The molecule has 0 aromatic rings. The SMILES string of the molecule is CC/C=C/C/C=C/C/C=C/C/C=C/CCCCC(=O)O[C@H](COC(=O)CCCCCCCCCCCCCC)COP(=O)(O)OCC[N+](C)(C)C. The van der Waals surface area contributed by atoms with Crippen molar-refractivity contribution in [2.75, 3.05) is 47.5 Å². The number of esters is 2. The molecule has 0 amide bonds. The van der Waals surface area contributed by atoms with E-state index < -0.39 is 26.5 Å². The molecule has 1 unspecified atom stereocenters. The van der Waals surface area contributed by atoms with E-state index in [4.69, 9.17) is 18.5 Å². The molecule has 0 aliphatic rings. The topological polar surface area (TPSA) is 108 Å². The number of hydrogen-bond acceptors (Lipinski definition) is 7. The number of unbranched alkanes of at least 4 members (excludes halogenated alkanes) is 13. The summed E-state index contributed by atoms with van der Waals surface area (Å²) in [4.78, 5) is 35.2. The minimum absolute atomic E-state index is 0.0229. The number of nitrogens with zero attached hydrogens (tertiary/aromatic N) is 1. The highest BCUT2D eigenvalue weighted by Crippen LogP contribution is 2.43. The molecule has 9 nitrogen and oxygen atoms in total. The summed E-state index contributed by atoms with van der Waals surface area (Å²) in [6, 6.07) is 0. The Morgan fingerprint density at radius 2 is 1.12 bits per heavy atom. The fraction of sp³-hybridized carbons (Fsp3) is 0.756. The Morgan fingerprint density at radius 1 is 0.627 bits per heavy atom. The zero-order valence-electron chi connectivity index (χ0n) is 33.1. The maximum absolute atomic E-state index is 12.6. The monoisotopic (exact) mass is 741 g/mol. The predicted molar refractivity (Wildman–Crippen MR) is 210 cm³/mol. The molecular weight excluding hydrogens is 665 g/mol. The molecule has 0 saturated carbocycles. The first-order chi connectivity index (χ1) is 24.5. The largest absolute Gasteiger partial charge is 0.472 e. The van der Waals surface area contributed by atoms with Crippen LogP contribution in [-0.2, 0) is 32.7 Å². The first kappa shape index (κ1) is 49.0. The van der Waals surface area contributed by atoms with Crippen molar-refractivity contribution in [3.05, 3.63) is 48.6 Å². The minimum atomic E-state index is -4.38. The molecule has 1 N–H and O–H groups in total. The van der Waals surface area contributed by atoms with Gasteiger partial charge in [0.05, 0.1) is 27.7 Å². The molecule has 296 valence electrons. The van der Waals surface area contributed by atoms with Crippen molar-refractivity contribution in [2.24, 2.45) is 0 Å². The maximum atomic E-state index is 12.6. The molecule has 0 bridgehead atoms. The van der Waals surface area contributed by atoms with Crippen molar-refractivity contribution in [1.29, 1.82) is 0 Å². The lowest BCUT2D eigenvalue weighted by atomic mass is 10.0. The summed E-state index contributed by atoms with van der Waals surface area (Å²) in [7, 11) is 1.44. The fourth-order valence-electron chi connectivity index (χ4n) is 5.00. The molecule has 0 aromatic carbocycles. The molecular formula is C41H75NO8P+. The number of rotatable bonds is 35. The zero-order chi connectivity index (χ0) is 37.9. The van der Waals surface area contributed by atoms with Crippen LogP contribution in [0.2, 0.25) is 0 Å². The van der Waals surface area contributed by atoms with Crippen LogP contribution < -0.4 is 0 Å². The van der Waals surface area contributed by atoms with E-state index in [2.05, 4.69) is 62.5 Å². The lowest BCUT2D eigenvalue weighted by Crippen LogP contribution is -2.37. The van der Waals surface area contributed by atoms with Gasteiger partial charge in [0, 0.05) is 12.8 Å². The average molecular weight is 741 g/mol. The number of phosphoric acid groups is 1. The van der Waals surface area contributed by atoms with Crippen LogP contribution >= 0.6 is 7.82 Å². The van der Waals surface area contributed by atoms with Gasteiger partial charge < -0.3 is 18.9 Å². The second-order valence-corrected chi connectivity index (χ2v) is 15.7. The highest BCUT2D eigenvalue weighted by Gasteiger charge is 2.27. The Balaban J connectivity index is 4.51. The highest BCUT2D eigenvalue weighted by molar-refractivity contribution is 7.47. The Labute approximate surface area is 312 Å². The summed E-state index contributed by atoms with van der Waals surface area (Å²) in [5.41, 5.74) is 0. The average Bonchev–Trinajstić information content (AvgIpc) is 3.07. The van der Waals surface area contributed by atoms with Crippen molar-refractivity contribution in [3.8, 4) is 0 Å². The summed E-state index contributed by atoms with van der Waals surface area (Å²) in [6.45, 7) is 4.23. The second-order valence-electron chi connectivity index (χ2n) is 14.3. The summed E-state index contributed by atoms with van der Waals surface area (Å²) in [6.07, 6.45) is 37.3. The molecule has 0 saturated heterocycles. The van der Waals surface area contributed by atoms with Crippen LogP contribution in [0.3, 0.4) is 0 Å². The Morgan fingerprint density at radius 3 is 1.67 bits per heavy atom. The van der Waals surface area contributed by atoms with Crippen LogP contribution in [0.25, 0.3) is 0 Å². The Kier molecular flexibility index (Phi) is 32.4. The summed E-state index contributed by atoms with van der Waals surface area (Å²) in [5.74, 6) is -0.850. The number of hydrogen-bond donors (Lipinski definition) is 1. The number of carbonyl (C=O) groups excluding carboxylic acids is 2. The van der Waals surface area contributed by atoms with Crippen molar-refractivity contribution in [3.63, 3.8) is 0 Å². The van der Waals surface area contributed by atoms with E-state index in [1.165, 1.54) is 57.8 Å². The predicted octanol–water partition coefficient (Wildman–Crippen LogP) is 10.7. The molecule has 51 heavy (non-hydrogen) atoms. The quantitative estimate of drug-likeness (QED) is 0.0225. The van der Waals surface area contributed by atoms with Gasteiger partial charge >= 0.3 is 19.8 Å². The van der Waals surface area contributed by atoms with Gasteiger partial charge in [-0.25, -0.2) is 4.57 Å². The van der Waals surface area contributed by atoms with Gasteiger partial charge in [-0.3, -0.25) is 18.6 Å². The van der Waals surface area contributed by atoms with E-state index >= 15 is 0 Å². The molecule has 0 fully saturated rings. The van der Waals surface area contributed by atoms with Gasteiger partial charge in [-0.2, -0.15) is 0 Å². The lowest BCUT2D eigenvalue weighted by Gasteiger charge is -2.24. The van der Waals surface area contributed by atoms with E-state index in [1.54, 1.807) is 0 Å². The van der Waals surface area contributed by atoms with Crippen LogP contribution in [0.15, 0.2) is 48.6 Å². The van der Waals surface area contributed by atoms with Crippen LogP contribution in [0.1, 0.15) is 149 Å². The molecule has 0 spiro atoms. The summed E-state index contributed by atoms with van der Waals surface area (Å²) < 4.78 is 34.1. The van der Waals surface area contributed by atoms with Gasteiger partial charge in [0.1, 0.15) is 19.8 Å². The van der Waals surface area contributed by atoms with Gasteiger partial charge in [0.25, 0.3) is 0 Å². The lowest BCUT2D eigenvalue weighted by molar-refractivity contribution is -0.870. The van der Waals surface area contributed by atoms with Crippen LogP contribution in [-0.4, -0.2) is 74.9 Å². The number of phosphoric ester groups is 1. The second kappa shape index (κ2) is 33.8. The van der Waals surface area contributed by atoms with Crippen molar-refractivity contribution >= 4 is 19.8 Å². The molecule has 0 heterocycles. The first-order valence-electron chi connectivity index (χ1n) is 19.9.